The highest BCUT2D eigenvalue weighted by atomic mass is 19.1. The molecule has 1 N–H and O–H groups in total. The van der Waals surface area contributed by atoms with Crippen molar-refractivity contribution in [2.24, 2.45) is 0 Å². The number of hydrogen-bond donors (Lipinski definition) is 1. The second kappa shape index (κ2) is 7.66. The highest BCUT2D eigenvalue weighted by Crippen LogP contribution is 2.30. The monoisotopic (exact) mass is 371 g/mol. The Morgan fingerprint density at radius 2 is 2.11 bits per heavy atom. The van der Waals surface area contributed by atoms with Crippen LogP contribution in [0.3, 0.4) is 0 Å². The van der Waals surface area contributed by atoms with Gasteiger partial charge in [-0.05, 0) is 49.4 Å². The third-order valence-electron chi connectivity index (χ3n) is 5.92. The molecule has 1 aliphatic carbocycles. The molecule has 1 aromatic heterocycles. The first-order valence-corrected chi connectivity index (χ1v) is 9.84. The van der Waals surface area contributed by atoms with E-state index in [1.165, 1.54) is 25.3 Å². The number of urea groups is 1. The lowest BCUT2D eigenvalue weighted by Gasteiger charge is -2.35. The van der Waals surface area contributed by atoms with Crippen LogP contribution in [-0.2, 0) is 13.0 Å². The van der Waals surface area contributed by atoms with Crippen LogP contribution in [0.1, 0.15) is 68.1 Å². The smallest absolute Gasteiger partial charge is 0.318 e. The van der Waals surface area contributed by atoms with E-state index in [-0.39, 0.29) is 17.9 Å². The maximum absolute atomic E-state index is 13.6. The summed E-state index contributed by atoms with van der Waals surface area (Å²) in [5.41, 5.74) is 2.01. The van der Waals surface area contributed by atoms with E-state index in [2.05, 4.69) is 20.1 Å². The van der Waals surface area contributed by atoms with Crippen molar-refractivity contribution in [3.05, 3.63) is 47.3 Å². The number of fused-ring (bicyclic) bond motifs is 1. The van der Waals surface area contributed by atoms with E-state index in [1.54, 1.807) is 17.3 Å². The lowest BCUT2D eigenvalue weighted by Crippen LogP contribution is -2.44. The first-order valence-electron chi connectivity index (χ1n) is 9.84. The Morgan fingerprint density at radius 1 is 1.30 bits per heavy atom. The molecular weight excluding hydrogens is 345 g/mol. The Morgan fingerprint density at radius 3 is 2.93 bits per heavy atom. The largest absolute Gasteiger partial charge is 0.331 e. The molecule has 1 fully saturated rings. The molecule has 0 bridgehead atoms. The molecule has 4 rings (SSSR count). The molecule has 1 aliphatic heterocycles. The van der Waals surface area contributed by atoms with E-state index in [0.717, 1.165) is 36.2 Å². The van der Waals surface area contributed by atoms with Crippen LogP contribution in [0, 0.1) is 5.82 Å². The minimum Gasteiger partial charge on any atom is -0.331 e. The highest BCUT2D eigenvalue weighted by molar-refractivity contribution is 5.75. The quantitative estimate of drug-likeness (QED) is 0.894. The van der Waals surface area contributed by atoms with Gasteiger partial charge in [-0.25, -0.2) is 9.18 Å². The van der Waals surface area contributed by atoms with Gasteiger partial charge in [0.25, 0.3) is 0 Å². The van der Waals surface area contributed by atoms with E-state index in [0.29, 0.717) is 19.1 Å². The number of halogens is 1. The molecule has 0 spiro atoms. The fourth-order valence-corrected chi connectivity index (χ4v) is 4.38. The summed E-state index contributed by atoms with van der Waals surface area (Å²) in [6.07, 6.45) is 8.56. The van der Waals surface area contributed by atoms with Gasteiger partial charge in [0.2, 0.25) is 0 Å². The predicted octanol–water partition coefficient (Wildman–Crippen LogP) is 3.75. The van der Waals surface area contributed by atoms with E-state index < -0.39 is 0 Å². The van der Waals surface area contributed by atoms with Gasteiger partial charge in [-0.3, -0.25) is 0 Å². The van der Waals surface area contributed by atoms with Gasteiger partial charge < -0.3 is 14.8 Å². The number of hydrogen-bond acceptors (Lipinski definition) is 3. The van der Waals surface area contributed by atoms with E-state index >= 15 is 0 Å². The fraction of sp³-hybridized carbons (Fsp3) is 0.550. The molecule has 1 saturated carbocycles. The summed E-state index contributed by atoms with van der Waals surface area (Å²) < 4.78 is 15.7. The number of carbonyl (C=O) groups is 1. The SMILES string of the molecule is CC1c2cc(F)ccc2CCN1C(=O)NCc1nncn1C1CCCCC1. The van der Waals surface area contributed by atoms with Crippen molar-refractivity contribution < 1.29 is 9.18 Å². The van der Waals surface area contributed by atoms with Gasteiger partial charge >= 0.3 is 6.03 Å². The standard InChI is InChI=1S/C20H26FN5O/c1-14-18-11-16(21)8-7-15(18)9-10-25(14)20(27)22-12-19-24-23-13-26(19)17-5-3-2-4-6-17/h7-8,11,13-14,17H,2-6,9-10,12H2,1H3,(H,22,27). The lowest BCUT2D eigenvalue weighted by atomic mass is 9.94. The van der Waals surface area contributed by atoms with Crippen molar-refractivity contribution in [3.63, 3.8) is 0 Å². The second-order valence-electron chi connectivity index (χ2n) is 7.57. The van der Waals surface area contributed by atoms with Crippen molar-refractivity contribution in [2.75, 3.05) is 6.54 Å². The van der Waals surface area contributed by atoms with E-state index in [4.69, 9.17) is 0 Å². The molecule has 1 atom stereocenters. The second-order valence-corrected chi connectivity index (χ2v) is 7.57. The van der Waals surface area contributed by atoms with E-state index in [1.807, 2.05) is 13.0 Å². The zero-order valence-electron chi connectivity index (χ0n) is 15.7. The zero-order chi connectivity index (χ0) is 18.8. The molecule has 2 aromatic rings. The van der Waals surface area contributed by atoms with Crippen LogP contribution in [0.15, 0.2) is 24.5 Å². The molecule has 0 radical (unpaired) electrons. The summed E-state index contributed by atoms with van der Waals surface area (Å²) in [5.74, 6) is 0.537. The van der Waals surface area contributed by atoms with Crippen LogP contribution in [0.2, 0.25) is 0 Å². The Labute approximate surface area is 158 Å². The topological polar surface area (TPSA) is 63.1 Å². The summed E-state index contributed by atoms with van der Waals surface area (Å²) in [4.78, 5) is 14.5. The van der Waals surface area contributed by atoms with Gasteiger partial charge in [0.15, 0.2) is 5.82 Å². The summed E-state index contributed by atoms with van der Waals surface area (Å²) in [5, 5.41) is 11.2. The molecule has 2 amide bonds. The number of carbonyl (C=O) groups excluding carboxylic acids is 1. The van der Waals surface area contributed by atoms with E-state index in [9.17, 15) is 9.18 Å². The van der Waals surface area contributed by atoms with Crippen LogP contribution < -0.4 is 5.32 Å². The van der Waals surface area contributed by atoms with Crippen LogP contribution in [-0.4, -0.2) is 32.2 Å². The summed E-state index contributed by atoms with van der Waals surface area (Å²) in [6, 6.07) is 4.99. The predicted molar refractivity (Wildman–Crippen MR) is 99.6 cm³/mol. The number of nitrogens with zero attached hydrogens (tertiary/aromatic N) is 4. The normalized spacial score (nSPS) is 20.4. The average Bonchev–Trinajstić information content (AvgIpc) is 3.16. The maximum atomic E-state index is 13.6. The Balaban J connectivity index is 1.41. The summed E-state index contributed by atoms with van der Waals surface area (Å²) >= 11 is 0. The van der Waals surface area contributed by atoms with Crippen LogP contribution in [0.5, 0.6) is 0 Å². The number of amides is 2. The van der Waals surface area contributed by atoms with Crippen molar-refractivity contribution in [3.8, 4) is 0 Å². The molecular formula is C20H26FN5O. The molecule has 7 heteroatoms. The van der Waals surface area contributed by atoms with Crippen molar-refractivity contribution >= 4 is 6.03 Å². The zero-order valence-corrected chi connectivity index (χ0v) is 15.7. The minimum atomic E-state index is -0.261. The maximum Gasteiger partial charge on any atom is 0.318 e. The Hall–Kier alpha value is -2.44. The highest BCUT2D eigenvalue weighted by Gasteiger charge is 2.28. The van der Waals surface area contributed by atoms with Gasteiger partial charge in [-0.1, -0.05) is 25.3 Å². The number of benzene rings is 1. The summed E-state index contributed by atoms with van der Waals surface area (Å²) in [7, 11) is 0. The van der Waals surface area contributed by atoms with Crippen LogP contribution in [0.25, 0.3) is 0 Å². The minimum absolute atomic E-state index is 0.143. The molecule has 27 heavy (non-hydrogen) atoms. The number of aromatic nitrogens is 3. The first-order chi connectivity index (χ1) is 13.1. The molecule has 144 valence electrons. The summed E-state index contributed by atoms with van der Waals surface area (Å²) in [6.45, 7) is 2.93. The average molecular weight is 371 g/mol. The number of rotatable bonds is 3. The molecule has 1 unspecified atom stereocenters. The fourth-order valence-electron chi connectivity index (χ4n) is 4.38. The first kappa shape index (κ1) is 17.9. The lowest BCUT2D eigenvalue weighted by molar-refractivity contribution is 0.173. The number of nitrogens with one attached hydrogen (secondary N) is 1. The third kappa shape index (κ3) is 3.68. The van der Waals surface area contributed by atoms with Gasteiger partial charge in [0.1, 0.15) is 12.1 Å². The molecule has 0 saturated heterocycles. The van der Waals surface area contributed by atoms with Crippen molar-refractivity contribution in [2.45, 2.75) is 64.1 Å². The van der Waals surface area contributed by atoms with Gasteiger partial charge in [0.05, 0.1) is 12.6 Å². The molecule has 2 aliphatic rings. The Kier molecular flexibility index (Phi) is 5.09. The van der Waals surface area contributed by atoms with Gasteiger partial charge in [-0.2, -0.15) is 0 Å². The van der Waals surface area contributed by atoms with Crippen LogP contribution >= 0.6 is 0 Å². The third-order valence-corrected chi connectivity index (χ3v) is 5.92. The Bertz CT molecular complexity index is 814. The van der Waals surface area contributed by atoms with Gasteiger partial charge in [-0.15, -0.1) is 10.2 Å². The van der Waals surface area contributed by atoms with Crippen LogP contribution in [0.4, 0.5) is 9.18 Å². The molecule has 1 aromatic carbocycles. The van der Waals surface area contributed by atoms with Crippen molar-refractivity contribution in [1.82, 2.24) is 25.0 Å². The molecule has 2 heterocycles. The molecule has 6 nitrogen and oxygen atoms in total. The van der Waals surface area contributed by atoms with Crippen molar-refractivity contribution in [1.29, 1.82) is 0 Å². The van der Waals surface area contributed by atoms with Gasteiger partial charge in [0, 0.05) is 12.6 Å².